The summed E-state index contributed by atoms with van der Waals surface area (Å²) in [5.41, 5.74) is 1.05. The third kappa shape index (κ3) is 4.81. The highest BCUT2D eigenvalue weighted by Crippen LogP contribution is 2.12. The SMILES string of the molecule is CC(C)n1cc(CNC(=O)CCN(C)[C@H]2CCN(C)C2)cn1. The second-order valence-corrected chi connectivity index (χ2v) is 6.63. The smallest absolute Gasteiger partial charge is 0.221 e. The lowest BCUT2D eigenvalue weighted by atomic mass is 10.2. The van der Waals surface area contributed by atoms with E-state index in [-0.39, 0.29) is 5.91 Å². The summed E-state index contributed by atoms with van der Waals surface area (Å²) in [6.07, 6.45) is 5.56. The number of amides is 1. The minimum atomic E-state index is 0.107. The number of nitrogens with zero attached hydrogens (tertiary/aromatic N) is 4. The van der Waals surface area contributed by atoms with Crippen LogP contribution in [0.2, 0.25) is 0 Å². The van der Waals surface area contributed by atoms with Crippen LogP contribution in [0.3, 0.4) is 0 Å². The van der Waals surface area contributed by atoms with Gasteiger partial charge in [-0.05, 0) is 40.9 Å². The zero-order valence-electron chi connectivity index (χ0n) is 14.2. The van der Waals surface area contributed by atoms with Crippen LogP contribution in [0.5, 0.6) is 0 Å². The molecule has 0 radical (unpaired) electrons. The molecule has 1 aromatic rings. The predicted molar refractivity (Wildman–Crippen MR) is 87.6 cm³/mol. The van der Waals surface area contributed by atoms with E-state index in [1.807, 2.05) is 17.1 Å². The molecule has 6 nitrogen and oxygen atoms in total. The number of aromatic nitrogens is 2. The number of carbonyl (C=O) groups excluding carboxylic acids is 1. The molecule has 0 aliphatic carbocycles. The van der Waals surface area contributed by atoms with Crippen molar-refractivity contribution in [3.05, 3.63) is 18.0 Å². The summed E-state index contributed by atoms with van der Waals surface area (Å²) in [7, 11) is 4.27. The van der Waals surface area contributed by atoms with Crippen molar-refractivity contribution in [1.29, 1.82) is 0 Å². The van der Waals surface area contributed by atoms with E-state index in [4.69, 9.17) is 0 Å². The van der Waals surface area contributed by atoms with Gasteiger partial charge in [0.05, 0.1) is 6.20 Å². The first kappa shape index (κ1) is 17.0. The minimum absolute atomic E-state index is 0.107. The first-order chi connectivity index (χ1) is 10.5. The molecule has 6 heteroatoms. The number of rotatable bonds is 7. The molecule has 2 rings (SSSR count). The lowest BCUT2D eigenvalue weighted by Crippen LogP contribution is -2.36. The summed E-state index contributed by atoms with van der Waals surface area (Å²) in [6, 6.07) is 0.935. The van der Waals surface area contributed by atoms with E-state index < -0.39 is 0 Å². The zero-order valence-corrected chi connectivity index (χ0v) is 14.2. The molecular weight excluding hydrogens is 278 g/mol. The molecule has 1 atom stereocenters. The Kier molecular flexibility index (Phi) is 5.97. The van der Waals surface area contributed by atoms with E-state index in [1.165, 1.54) is 6.42 Å². The van der Waals surface area contributed by atoms with Gasteiger partial charge in [0, 0.05) is 49.9 Å². The topological polar surface area (TPSA) is 53.4 Å². The highest BCUT2D eigenvalue weighted by atomic mass is 16.1. The molecule has 1 N–H and O–H groups in total. The highest BCUT2D eigenvalue weighted by molar-refractivity contribution is 5.76. The lowest BCUT2D eigenvalue weighted by Gasteiger charge is -2.23. The molecule has 0 bridgehead atoms. The Morgan fingerprint density at radius 2 is 2.32 bits per heavy atom. The molecule has 0 unspecified atom stereocenters. The van der Waals surface area contributed by atoms with Gasteiger partial charge in [0.1, 0.15) is 0 Å². The van der Waals surface area contributed by atoms with Crippen molar-refractivity contribution >= 4 is 5.91 Å². The van der Waals surface area contributed by atoms with Crippen LogP contribution in [0, 0.1) is 0 Å². The van der Waals surface area contributed by atoms with E-state index in [9.17, 15) is 4.79 Å². The normalized spacial score (nSPS) is 19.3. The molecule has 0 aromatic carbocycles. The summed E-state index contributed by atoms with van der Waals surface area (Å²) in [5.74, 6) is 0.107. The number of hydrogen-bond acceptors (Lipinski definition) is 4. The summed E-state index contributed by atoms with van der Waals surface area (Å²) in [6.45, 7) is 7.81. The predicted octanol–water partition coefficient (Wildman–Crippen LogP) is 1.11. The van der Waals surface area contributed by atoms with Crippen LogP contribution in [0.1, 0.15) is 38.3 Å². The maximum absolute atomic E-state index is 12.0. The first-order valence-electron chi connectivity index (χ1n) is 8.14. The van der Waals surface area contributed by atoms with Gasteiger partial charge in [0.2, 0.25) is 5.91 Å². The second kappa shape index (κ2) is 7.74. The summed E-state index contributed by atoms with van der Waals surface area (Å²) in [4.78, 5) is 16.6. The Morgan fingerprint density at radius 3 is 2.91 bits per heavy atom. The maximum atomic E-state index is 12.0. The van der Waals surface area contributed by atoms with Crippen molar-refractivity contribution in [2.24, 2.45) is 0 Å². The van der Waals surface area contributed by atoms with E-state index >= 15 is 0 Å². The van der Waals surface area contributed by atoms with Gasteiger partial charge in [-0.25, -0.2) is 0 Å². The Hall–Kier alpha value is -1.40. The lowest BCUT2D eigenvalue weighted by molar-refractivity contribution is -0.121. The molecule has 124 valence electrons. The van der Waals surface area contributed by atoms with Crippen molar-refractivity contribution in [1.82, 2.24) is 24.9 Å². The number of hydrogen-bond donors (Lipinski definition) is 1. The van der Waals surface area contributed by atoms with Crippen LogP contribution in [0.4, 0.5) is 0 Å². The average molecular weight is 307 g/mol. The first-order valence-corrected chi connectivity index (χ1v) is 8.14. The summed E-state index contributed by atoms with van der Waals surface area (Å²) >= 11 is 0. The summed E-state index contributed by atoms with van der Waals surface area (Å²) < 4.78 is 1.91. The van der Waals surface area contributed by atoms with Gasteiger partial charge in [0.15, 0.2) is 0 Å². The molecule has 1 aromatic heterocycles. The van der Waals surface area contributed by atoms with Crippen molar-refractivity contribution in [3.8, 4) is 0 Å². The number of carbonyl (C=O) groups is 1. The Balaban J connectivity index is 1.67. The third-order valence-corrected chi connectivity index (χ3v) is 4.36. The average Bonchev–Trinajstić information content (AvgIpc) is 3.11. The number of likely N-dealkylation sites (tertiary alicyclic amines) is 1. The standard InChI is InChI=1S/C16H29N5O/c1-13(2)21-11-14(10-18-21)9-17-16(22)6-8-20(4)15-5-7-19(3)12-15/h10-11,13,15H,5-9,12H2,1-4H3,(H,17,22)/t15-/m0/s1. The van der Waals surface area contributed by atoms with E-state index in [1.54, 1.807) is 0 Å². The van der Waals surface area contributed by atoms with E-state index in [0.29, 0.717) is 25.0 Å². The number of nitrogens with one attached hydrogen (secondary N) is 1. The largest absolute Gasteiger partial charge is 0.352 e. The zero-order chi connectivity index (χ0) is 16.1. The van der Waals surface area contributed by atoms with Crippen LogP contribution in [0.15, 0.2) is 12.4 Å². The van der Waals surface area contributed by atoms with Crippen molar-refractivity contribution < 1.29 is 4.79 Å². The van der Waals surface area contributed by atoms with Crippen LogP contribution >= 0.6 is 0 Å². The summed E-state index contributed by atoms with van der Waals surface area (Å²) in [5, 5.41) is 7.26. The van der Waals surface area contributed by atoms with Crippen LogP contribution in [0.25, 0.3) is 0 Å². The fourth-order valence-electron chi connectivity index (χ4n) is 2.77. The molecule has 1 amide bonds. The van der Waals surface area contributed by atoms with Gasteiger partial charge >= 0.3 is 0 Å². The van der Waals surface area contributed by atoms with Gasteiger partial charge < -0.3 is 15.1 Å². The molecular formula is C16H29N5O. The van der Waals surface area contributed by atoms with Gasteiger partial charge in [-0.1, -0.05) is 0 Å². The van der Waals surface area contributed by atoms with Crippen molar-refractivity contribution in [2.75, 3.05) is 33.7 Å². The molecule has 1 fully saturated rings. The minimum Gasteiger partial charge on any atom is -0.352 e. The fourth-order valence-corrected chi connectivity index (χ4v) is 2.77. The molecule has 1 saturated heterocycles. The maximum Gasteiger partial charge on any atom is 0.221 e. The number of likely N-dealkylation sites (N-methyl/N-ethyl adjacent to an activating group) is 2. The molecule has 1 aliphatic heterocycles. The van der Waals surface area contributed by atoms with E-state index in [2.05, 4.69) is 48.2 Å². The Morgan fingerprint density at radius 1 is 1.55 bits per heavy atom. The second-order valence-electron chi connectivity index (χ2n) is 6.63. The van der Waals surface area contributed by atoms with Gasteiger partial charge in [0.25, 0.3) is 0 Å². The molecule has 22 heavy (non-hydrogen) atoms. The Bertz CT molecular complexity index is 485. The monoisotopic (exact) mass is 307 g/mol. The van der Waals surface area contributed by atoms with Crippen molar-refractivity contribution in [3.63, 3.8) is 0 Å². The van der Waals surface area contributed by atoms with Crippen molar-refractivity contribution in [2.45, 2.75) is 45.3 Å². The van der Waals surface area contributed by atoms with Crippen LogP contribution < -0.4 is 5.32 Å². The van der Waals surface area contributed by atoms with Gasteiger partial charge in [-0.15, -0.1) is 0 Å². The van der Waals surface area contributed by atoms with Crippen LogP contribution in [-0.4, -0.2) is 65.3 Å². The van der Waals surface area contributed by atoms with E-state index in [0.717, 1.165) is 25.2 Å². The highest BCUT2D eigenvalue weighted by Gasteiger charge is 2.23. The van der Waals surface area contributed by atoms with Crippen LogP contribution in [-0.2, 0) is 11.3 Å². The van der Waals surface area contributed by atoms with Gasteiger partial charge in [-0.2, -0.15) is 5.10 Å². The third-order valence-electron chi connectivity index (χ3n) is 4.36. The molecule has 2 heterocycles. The molecule has 0 spiro atoms. The van der Waals surface area contributed by atoms with Gasteiger partial charge in [-0.3, -0.25) is 9.48 Å². The Labute approximate surface area is 133 Å². The molecule has 0 saturated carbocycles. The fraction of sp³-hybridized carbons (Fsp3) is 0.750. The quantitative estimate of drug-likeness (QED) is 0.820. The molecule has 1 aliphatic rings.